The highest BCUT2D eigenvalue weighted by Gasteiger charge is 2.46. The van der Waals surface area contributed by atoms with Gasteiger partial charge in [0, 0.05) is 24.1 Å². The van der Waals surface area contributed by atoms with Gasteiger partial charge in [-0.05, 0) is 43.2 Å². The van der Waals surface area contributed by atoms with Gasteiger partial charge < -0.3 is 10.1 Å². The molecule has 6 heteroatoms. The molecule has 0 radical (unpaired) electrons. The zero-order valence-electron chi connectivity index (χ0n) is 12.9. The van der Waals surface area contributed by atoms with E-state index in [1.165, 1.54) is 10.5 Å². The lowest BCUT2D eigenvalue weighted by Crippen LogP contribution is -2.47. The Labute approximate surface area is 136 Å². The van der Waals surface area contributed by atoms with Crippen molar-refractivity contribution >= 4 is 21.6 Å². The lowest BCUT2D eigenvalue weighted by Gasteiger charge is -2.37. The third kappa shape index (κ3) is 3.85. The van der Waals surface area contributed by atoms with E-state index in [1.807, 2.05) is 0 Å². The first-order valence-electron chi connectivity index (χ1n) is 7.71. The quantitative estimate of drug-likeness (QED) is 0.851. The van der Waals surface area contributed by atoms with Gasteiger partial charge in [0.2, 0.25) is 0 Å². The molecule has 0 unspecified atom stereocenters. The number of ether oxygens (including phenoxy) is 1. The van der Waals surface area contributed by atoms with E-state index in [4.69, 9.17) is 4.74 Å². The van der Waals surface area contributed by atoms with Gasteiger partial charge in [-0.3, -0.25) is 0 Å². The highest BCUT2D eigenvalue weighted by atomic mass is 32.2. The Morgan fingerprint density at radius 2 is 2.14 bits per heavy atom. The number of nitrogens with one attached hydrogen (secondary N) is 1. The summed E-state index contributed by atoms with van der Waals surface area (Å²) in [4.78, 5) is 1.27. The van der Waals surface area contributed by atoms with Crippen LogP contribution in [-0.4, -0.2) is 44.4 Å². The predicted octanol–water partition coefficient (Wildman–Crippen LogP) is 2.23. The van der Waals surface area contributed by atoms with Crippen molar-refractivity contribution in [2.75, 3.05) is 24.4 Å². The van der Waals surface area contributed by atoms with E-state index in [-0.39, 0.29) is 11.5 Å². The number of sulfone groups is 1. The SMILES string of the molecule is CSc1ccc(CN[C@@H]2CCO[C@]3(CCS(=O)(=O)C3)C2)cc1. The molecule has 1 aromatic carbocycles. The number of hydrogen-bond acceptors (Lipinski definition) is 5. The molecule has 122 valence electrons. The van der Waals surface area contributed by atoms with Gasteiger partial charge in [0.1, 0.15) is 0 Å². The van der Waals surface area contributed by atoms with Crippen molar-refractivity contribution in [1.82, 2.24) is 5.32 Å². The molecule has 2 atom stereocenters. The van der Waals surface area contributed by atoms with Crippen LogP contribution in [0.25, 0.3) is 0 Å². The van der Waals surface area contributed by atoms with Crippen molar-refractivity contribution in [1.29, 1.82) is 0 Å². The molecule has 0 amide bonds. The van der Waals surface area contributed by atoms with Crippen LogP contribution in [0.2, 0.25) is 0 Å². The number of benzene rings is 1. The van der Waals surface area contributed by atoms with Crippen molar-refractivity contribution in [2.45, 2.75) is 42.3 Å². The topological polar surface area (TPSA) is 55.4 Å². The maximum Gasteiger partial charge on any atom is 0.153 e. The van der Waals surface area contributed by atoms with Gasteiger partial charge in [-0.25, -0.2) is 8.42 Å². The van der Waals surface area contributed by atoms with Gasteiger partial charge in [-0.15, -0.1) is 11.8 Å². The smallest absolute Gasteiger partial charge is 0.153 e. The Morgan fingerprint density at radius 3 is 2.77 bits per heavy atom. The van der Waals surface area contributed by atoms with Crippen molar-refractivity contribution in [3.63, 3.8) is 0 Å². The van der Waals surface area contributed by atoms with Crippen molar-refractivity contribution in [2.24, 2.45) is 0 Å². The Morgan fingerprint density at radius 1 is 1.36 bits per heavy atom. The molecule has 2 fully saturated rings. The third-order valence-corrected chi connectivity index (χ3v) is 7.13. The highest BCUT2D eigenvalue weighted by Crippen LogP contribution is 2.35. The number of thioether (sulfide) groups is 1. The van der Waals surface area contributed by atoms with Crippen molar-refractivity contribution in [3.05, 3.63) is 29.8 Å². The Hall–Kier alpha value is -0.560. The zero-order chi connectivity index (χ0) is 15.6. The molecule has 1 aromatic rings. The van der Waals surface area contributed by atoms with Crippen LogP contribution >= 0.6 is 11.8 Å². The van der Waals surface area contributed by atoms with Gasteiger partial charge in [0.15, 0.2) is 9.84 Å². The molecule has 2 aliphatic rings. The van der Waals surface area contributed by atoms with Gasteiger partial charge in [0.05, 0.1) is 17.1 Å². The summed E-state index contributed by atoms with van der Waals surface area (Å²) in [6.45, 7) is 1.47. The molecule has 2 aliphatic heterocycles. The van der Waals surface area contributed by atoms with Crippen LogP contribution in [0, 0.1) is 0 Å². The summed E-state index contributed by atoms with van der Waals surface area (Å²) in [6, 6.07) is 8.90. The largest absolute Gasteiger partial charge is 0.374 e. The minimum atomic E-state index is -2.91. The van der Waals surface area contributed by atoms with E-state index in [0.717, 1.165) is 19.4 Å². The molecule has 4 nitrogen and oxygen atoms in total. The zero-order valence-corrected chi connectivity index (χ0v) is 14.5. The molecule has 0 aliphatic carbocycles. The Balaban J connectivity index is 1.56. The molecule has 2 saturated heterocycles. The van der Waals surface area contributed by atoms with Crippen molar-refractivity contribution in [3.8, 4) is 0 Å². The minimum absolute atomic E-state index is 0.195. The first kappa shape index (κ1) is 16.3. The molecular formula is C16H23NO3S2. The summed E-state index contributed by atoms with van der Waals surface area (Å²) in [5.74, 6) is 0.469. The number of hydrogen-bond donors (Lipinski definition) is 1. The van der Waals surface area contributed by atoms with Crippen LogP contribution in [0.1, 0.15) is 24.8 Å². The third-order valence-electron chi connectivity index (χ3n) is 4.60. The summed E-state index contributed by atoms with van der Waals surface area (Å²) in [5, 5.41) is 3.57. The molecule has 0 saturated carbocycles. The second-order valence-electron chi connectivity index (χ2n) is 6.29. The summed E-state index contributed by atoms with van der Waals surface area (Å²) < 4.78 is 29.3. The summed E-state index contributed by atoms with van der Waals surface area (Å²) in [6.07, 6.45) is 4.47. The average Bonchev–Trinajstić information content (AvgIpc) is 2.80. The van der Waals surface area contributed by atoms with Gasteiger partial charge in [-0.2, -0.15) is 0 Å². The molecule has 0 bridgehead atoms. The molecule has 3 rings (SSSR count). The summed E-state index contributed by atoms with van der Waals surface area (Å²) >= 11 is 1.74. The minimum Gasteiger partial charge on any atom is -0.374 e. The fourth-order valence-corrected chi connectivity index (χ4v) is 5.75. The van der Waals surface area contributed by atoms with E-state index in [1.54, 1.807) is 11.8 Å². The summed E-state index contributed by atoms with van der Waals surface area (Å²) in [7, 11) is -2.91. The monoisotopic (exact) mass is 341 g/mol. The van der Waals surface area contributed by atoms with Crippen LogP contribution < -0.4 is 5.32 Å². The second kappa shape index (κ2) is 6.51. The molecule has 22 heavy (non-hydrogen) atoms. The fourth-order valence-electron chi connectivity index (χ4n) is 3.37. The van der Waals surface area contributed by atoms with Crippen LogP contribution in [0.15, 0.2) is 29.2 Å². The lowest BCUT2D eigenvalue weighted by atomic mass is 9.90. The molecule has 1 spiro atoms. The van der Waals surface area contributed by atoms with E-state index in [9.17, 15) is 8.42 Å². The van der Waals surface area contributed by atoms with Crippen LogP contribution in [0.4, 0.5) is 0 Å². The standard InChI is InChI=1S/C16H23NO3S2/c1-21-15-4-2-13(3-5-15)11-17-14-6-8-20-16(10-14)7-9-22(18,19)12-16/h2-5,14,17H,6-12H2,1H3/t14-,16-/m1/s1. The van der Waals surface area contributed by atoms with E-state index in [0.29, 0.717) is 19.1 Å². The number of rotatable bonds is 4. The van der Waals surface area contributed by atoms with Gasteiger partial charge >= 0.3 is 0 Å². The van der Waals surface area contributed by atoms with Gasteiger partial charge in [-0.1, -0.05) is 12.1 Å². The lowest BCUT2D eigenvalue weighted by molar-refractivity contribution is -0.0705. The van der Waals surface area contributed by atoms with Crippen LogP contribution in [0.5, 0.6) is 0 Å². The van der Waals surface area contributed by atoms with Gasteiger partial charge in [0.25, 0.3) is 0 Å². The second-order valence-corrected chi connectivity index (χ2v) is 9.36. The Kier molecular flexibility index (Phi) is 4.83. The van der Waals surface area contributed by atoms with Crippen LogP contribution in [0.3, 0.4) is 0 Å². The first-order chi connectivity index (χ1) is 10.5. The first-order valence-corrected chi connectivity index (χ1v) is 10.8. The normalized spacial score (nSPS) is 30.7. The fraction of sp³-hybridized carbons (Fsp3) is 0.625. The van der Waals surface area contributed by atoms with Crippen molar-refractivity contribution < 1.29 is 13.2 Å². The van der Waals surface area contributed by atoms with E-state index in [2.05, 4.69) is 35.8 Å². The molecule has 0 aromatic heterocycles. The maximum atomic E-state index is 11.7. The molecular weight excluding hydrogens is 318 g/mol. The van der Waals surface area contributed by atoms with E-state index >= 15 is 0 Å². The molecule has 2 heterocycles. The Bertz CT molecular complexity index is 615. The maximum absolute atomic E-state index is 11.7. The predicted molar refractivity (Wildman–Crippen MR) is 90.0 cm³/mol. The van der Waals surface area contributed by atoms with E-state index < -0.39 is 15.4 Å². The highest BCUT2D eigenvalue weighted by molar-refractivity contribution is 7.98. The van der Waals surface area contributed by atoms with Crippen LogP contribution in [-0.2, 0) is 21.1 Å². The molecule has 1 N–H and O–H groups in total. The summed E-state index contributed by atoms with van der Waals surface area (Å²) in [5.41, 5.74) is 0.828. The average molecular weight is 341 g/mol.